The van der Waals surface area contributed by atoms with Crippen LogP contribution >= 0.6 is 11.6 Å². The van der Waals surface area contributed by atoms with E-state index in [-0.39, 0.29) is 35.3 Å². The van der Waals surface area contributed by atoms with Crippen molar-refractivity contribution < 1.29 is 18.4 Å². The summed E-state index contributed by atoms with van der Waals surface area (Å²) in [6.45, 7) is -0.596. The molecule has 0 fully saturated rings. The predicted molar refractivity (Wildman–Crippen MR) is 99.1 cm³/mol. The van der Waals surface area contributed by atoms with Crippen molar-refractivity contribution in [3.8, 4) is 5.75 Å². The maximum atomic E-state index is 12.2. The molecule has 0 amide bonds. The first-order valence-corrected chi connectivity index (χ1v) is 8.24. The fourth-order valence-electron chi connectivity index (χ4n) is 2.46. The first kappa shape index (κ1) is 14.4. The van der Waals surface area contributed by atoms with Crippen LogP contribution in [0.2, 0.25) is 5.15 Å². The molecule has 0 spiro atoms. The largest absolute Gasteiger partial charge is 0.497 e. The van der Waals surface area contributed by atoms with Crippen LogP contribution in [0.1, 0.15) is 27.0 Å². The van der Waals surface area contributed by atoms with Crippen molar-refractivity contribution in [3.05, 3.63) is 52.8 Å². The van der Waals surface area contributed by atoms with E-state index in [1.165, 1.54) is 16.8 Å². The number of nitrogens with zero attached hydrogens (tertiary/aromatic N) is 4. The van der Waals surface area contributed by atoms with E-state index in [0.29, 0.717) is 5.75 Å². The number of hydrogen-bond acceptors (Lipinski definition) is 6. The molecule has 0 saturated carbocycles. The van der Waals surface area contributed by atoms with E-state index in [0.717, 1.165) is 10.5 Å². The topological polar surface area (TPSA) is 69.0 Å². The maximum Gasteiger partial charge on any atom is 0.343 e. The van der Waals surface area contributed by atoms with Crippen molar-refractivity contribution in [2.45, 2.75) is 13.5 Å². The van der Waals surface area contributed by atoms with Gasteiger partial charge in [-0.2, -0.15) is 9.61 Å². The summed E-state index contributed by atoms with van der Waals surface area (Å²) >= 11 is 6.14. The lowest BCUT2D eigenvalue weighted by molar-refractivity contribution is 0.0528. The molecule has 26 heavy (non-hydrogen) atoms. The summed E-state index contributed by atoms with van der Waals surface area (Å²) in [5, 5.41) is 4.18. The van der Waals surface area contributed by atoms with Crippen LogP contribution in [-0.4, -0.2) is 41.3 Å². The Morgan fingerprint density at radius 2 is 2.15 bits per heavy atom. The number of anilines is 1. The minimum Gasteiger partial charge on any atom is -0.497 e. The van der Waals surface area contributed by atoms with Gasteiger partial charge >= 0.3 is 5.97 Å². The van der Waals surface area contributed by atoms with E-state index in [1.54, 1.807) is 38.3 Å². The fourth-order valence-corrected chi connectivity index (χ4v) is 2.64. The van der Waals surface area contributed by atoms with E-state index in [2.05, 4.69) is 10.1 Å². The van der Waals surface area contributed by atoms with E-state index in [9.17, 15) is 4.79 Å². The van der Waals surface area contributed by atoms with Crippen molar-refractivity contribution in [2.24, 2.45) is 0 Å². The molecule has 3 rings (SSSR count). The molecule has 1 aromatic carbocycles. The van der Waals surface area contributed by atoms with Crippen LogP contribution in [0.3, 0.4) is 0 Å². The maximum absolute atomic E-state index is 12.2. The summed E-state index contributed by atoms with van der Waals surface area (Å²) in [6, 6.07) is 8.42. The van der Waals surface area contributed by atoms with Gasteiger partial charge in [-0.15, -0.1) is 0 Å². The Morgan fingerprint density at radius 1 is 1.38 bits per heavy atom. The third-order valence-electron chi connectivity index (χ3n) is 3.69. The zero-order valence-corrected chi connectivity index (χ0v) is 15.0. The Labute approximate surface area is 160 Å². The number of carbonyl (C=O) groups excluding carboxylic acids is 1. The highest BCUT2D eigenvalue weighted by atomic mass is 35.5. The standard InChI is InChI=1S/C18H19ClN4O3/c1-4-26-18(24)14-10-20-23-16(9-15(19)21-17(14)23)22(2)11-12-5-7-13(25-3)8-6-12/h5-10H,4,11H2,1-3H3/i2D3. The number of fused-ring (bicyclic) bond motifs is 1. The molecule has 8 heteroatoms. The summed E-state index contributed by atoms with van der Waals surface area (Å²) in [4.78, 5) is 17.5. The van der Waals surface area contributed by atoms with Crippen LogP contribution in [0.4, 0.5) is 5.82 Å². The summed E-state index contributed by atoms with van der Waals surface area (Å²) in [5.41, 5.74) is 0.959. The average molecular weight is 378 g/mol. The van der Waals surface area contributed by atoms with Crippen molar-refractivity contribution in [1.82, 2.24) is 14.6 Å². The molecule has 0 aliphatic rings. The third-order valence-corrected chi connectivity index (χ3v) is 3.89. The lowest BCUT2D eigenvalue weighted by Gasteiger charge is -2.20. The van der Waals surface area contributed by atoms with Gasteiger partial charge in [0.2, 0.25) is 0 Å². The van der Waals surface area contributed by atoms with Crippen molar-refractivity contribution in [3.63, 3.8) is 0 Å². The van der Waals surface area contributed by atoms with Crippen LogP contribution in [0.5, 0.6) is 5.75 Å². The van der Waals surface area contributed by atoms with E-state index >= 15 is 0 Å². The Morgan fingerprint density at radius 3 is 2.81 bits per heavy atom. The van der Waals surface area contributed by atoms with E-state index in [4.69, 9.17) is 25.2 Å². The normalized spacial score (nSPS) is 13.0. The van der Waals surface area contributed by atoms with Gasteiger partial charge in [-0.1, -0.05) is 23.7 Å². The second-order valence-corrected chi connectivity index (χ2v) is 5.77. The van der Waals surface area contributed by atoms with Gasteiger partial charge in [0.1, 0.15) is 22.3 Å². The van der Waals surface area contributed by atoms with Crippen LogP contribution in [0.15, 0.2) is 36.5 Å². The summed E-state index contributed by atoms with van der Waals surface area (Å²) in [5.74, 6) is 0.222. The molecule has 0 N–H and O–H groups in total. The first-order valence-electron chi connectivity index (χ1n) is 9.36. The van der Waals surface area contributed by atoms with E-state index < -0.39 is 12.9 Å². The molecule has 136 valence electrons. The number of esters is 1. The van der Waals surface area contributed by atoms with Gasteiger partial charge in [0.15, 0.2) is 5.65 Å². The molecule has 0 atom stereocenters. The highest BCUT2D eigenvalue weighted by molar-refractivity contribution is 6.29. The number of carbonyl (C=O) groups is 1. The zero-order valence-electron chi connectivity index (χ0n) is 17.3. The smallest absolute Gasteiger partial charge is 0.343 e. The number of halogens is 1. The molecule has 0 saturated heterocycles. The van der Waals surface area contributed by atoms with Crippen molar-refractivity contribution in [1.29, 1.82) is 0 Å². The Hall–Kier alpha value is -2.80. The van der Waals surface area contributed by atoms with E-state index in [1.807, 2.05) is 0 Å². The van der Waals surface area contributed by atoms with Crippen LogP contribution < -0.4 is 9.64 Å². The minimum atomic E-state index is -2.51. The molecule has 2 heterocycles. The second-order valence-electron chi connectivity index (χ2n) is 5.39. The molecule has 0 bridgehead atoms. The summed E-state index contributed by atoms with van der Waals surface area (Å²) in [6.07, 6.45) is 1.28. The Bertz CT molecular complexity index is 1020. The Kier molecular flexibility index (Phi) is 4.21. The molecule has 0 radical (unpaired) electrons. The van der Waals surface area contributed by atoms with Crippen molar-refractivity contribution in [2.75, 3.05) is 25.6 Å². The third kappa shape index (κ3) is 3.57. The molecule has 0 unspecified atom stereocenters. The molecular formula is C18H19ClN4O3. The average Bonchev–Trinajstić information content (AvgIpc) is 3.09. The molecule has 0 aliphatic carbocycles. The van der Waals surface area contributed by atoms with Crippen LogP contribution in [0.25, 0.3) is 5.65 Å². The monoisotopic (exact) mass is 377 g/mol. The van der Waals surface area contributed by atoms with Gasteiger partial charge in [0.05, 0.1) is 19.9 Å². The summed E-state index contributed by atoms with van der Waals surface area (Å²) < 4.78 is 35.4. The van der Waals surface area contributed by atoms with Crippen LogP contribution in [0, 0.1) is 0 Å². The molecule has 7 nitrogen and oxygen atoms in total. The molecular weight excluding hydrogens is 356 g/mol. The SMILES string of the molecule is [2H]C([2H])([2H])N(Cc1ccc(OC)cc1)c1cc(Cl)nc2c(C(=O)OCC)cnn12. The van der Waals surface area contributed by atoms with Crippen LogP contribution in [-0.2, 0) is 11.3 Å². The van der Waals surface area contributed by atoms with Gasteiger partial charge in [-0.3, -0.25) is 0 Å². The minimum absolute atomic E-state index is 0.0301. The Balaban J connectivity index is 2.09. The quantitative estimate of drug-likeness (QED) is 0.485. The number of rotatable bonds is 6. The van der Waals surface area contributed by atoms with Gasteiger partial charge in [0.25, 0.3) is 0 Å². The van der Waals surface area contributed by atoms with Gasteiger partial charge in [-0.05, 0) is 24.6 Å². The predicted octanol–water partition coefficient (Wildman–Crippen LogP) is 3.20. The number of ether oxygens (including phenoxy) is 2. The number of hydrogen-bond donors (Lipinski definition) is 0. The fraction of sp³-hybridized carbons (Fsp3) is 0.278. The number of benzene rings is 1. The first-order chi connectivity index (χ1) is 13.7. The highest BCUT2D eigenvalue weighted by Crippen LogP contribution is 2.23. The highest BCUT2D eigenvalue weighted by Gasteiger charge is 2.19. The van der Waals surface area contributed by atoms with Gasteiger partial charge in [-0.25, -0.2) is 9.78 Å². The zero-order chi connectivity index (χ0) is 21.2. The number of aromatic nitrogens is 3. The van der Waals surface area contributed by atoms with Gasteiger partial charge < -0.3 is 14.4 Å². The van der Waals surface area contributed by atoms with Gasteiger partial charge in [0, 0.05) is 23.7 Å². The lowest BCUT2D eigenvalue weighted by Crippen LogP contribution is -2.20. The lowest BCUT2D eigenvalue weighted by atomic mass is 10.2. The van der Waals surface area contributed by atoms with Crippen molar-refractivity contribution >= 4 is 29.0 Å². The molecule has 3 aromatic rings. The second kappa shape index (κ2) is 7.61. The molecule has 0 aliphatic heterocycles. The molecule has 2 aromatic heterocycles. The summed E-state index contributed by atoms with van der Waals surface area (Å²) in [7, 11) is 1.55. The number of methoxy groups -OCH3 is 1.